The van der Waals surface area contributed by atoms with Gasteiger partial charge in [-0.15, -0.1) is 0 Å². The van der Waals surface area contributed by atoms with E-state index in [4.69, 9.17) is 9.15 Å². The number of hydrogen-bond donors (Lipinski definition) is 1. The van der Waals surface area contributed by atoms with Gasteiger partial charge < -0.3 is 19.4 Å². The zero-order valence-corrected chi connectivity index (χ0v) is 18.4. The number of rotatable bonds is 2. The van der Waals surface area contributed by atoms with Crippen molar-refractivity contribution in [3.63, 3.8) is 0 Å². The molecule has 1 N–H and O–H groups in total. The van der Waals surface area contributed by atoms with Crippen LogP contribution in [0.15, 0.2) is 68.8 Å². The summed E-state index contributed by atoms with van der Waals surface area (Å²) in [4.78, 5) is 29.0. The van der Waals surface area contributed by atoms with Crippen LogP contribution in [0.5, 0.6) is 5.75 Å². The normalized spacial score (nSPS) is 18.1. The van der Waals surface area contributed by atoms with Crippen molar-refractivity contribution in [2.45, 2.75) is 4.90 Å². The van der Waals surface area contributed by atoms with Crippen LogP contribution in [0.3, 0.4) is 0 Å². The van der Waals surface area contributed by atoms with Gasteiger partial charge in [0.1, 0.15) is 23.9 Å². The van der Waals surface area contributed by atoms with Crippen LogP contribution in [0.25, 0.3) is 17.4 Å². The molecule has 0 fully saturated rings. The van der Waals surface area contributed by atoms with E-state index in [-0.39, 0.29) is 11.7 Å². The summed E-state index contributed by atoms with van der Waals surface area (Å²) in [7, 11) is 2.00. The van der Waals surface area contributed by atoms with Crippen LogP contribution in [0.2, 0.25) is 0 Å². The fraction of sp³-hybridized carbons (Fsp3) is 0.200. The van der Waals surface area contributed by atoms with Crippen molar-refractivity contribution < 1.29 is 18.7 Å². The first kappa shape index (κ1) is 20.6. The van der Waals surface area contributed by atoms with Crippen LogP contribution in [0, 0.1) is 0 Å². The van der Waals surface area contributed by atoms with E-state index in [1.54, 1.807) is 18.2 Å². The van der Waals surface area contributed by atoms with Crippen LogP contribution in [-0.2, 0) is 0 Å². The highest BCUT2D eigenvalue weighted by atomic mass is 32.2. The number of ether oxygens (including phenoxy) is 1. The highest BCUT2D eigenvalue weighted by Crippen LogP contribution is 2.41. The third-order valence-electron chi connectivity index (χ3n) is 5.49. The van der Waals surface area contributed by atoms with Gasteiger partial charge in [0.25, 0.3) is 5.91 Å². The second-order valence-corrected chi connectivity index (χ2v) is 8.84. The van der Waals surface area contributed by atoms with Crippen molar-refractivity contribution in [2.24, 2.45) is 0 Å². The molecule has 1 amide bonds. The molecule has 3 aromatic rings. The molecule has 3 heterocycles. The molecular weight excluding hydrogens is 424 g/mol. The molecule has 0 saturated carbocycles. The fourth-order valence-corrected chi connectivity index (χ4v) is 4.75. The molecule has 0 bridgehead atoms. The van der Waals surface area contributed by atoms with Crippen LogP contribution >= 0.6 is 11.8 Å². The predicted molar refractivity (Wildman–Crippen MR) is 124 cm³/mol. The standard InChI is InChI=1S/C25H22N2O4S/c1-27-11-10-26-25(29)19-14-16(6-8-21(19)30-13-12-27)20-9-7-17(31-20)15-23-24(28)18-4-2-3-5-22(18)32-23/h2-9,14-15H,10-13H2,1H3,(H,26,29)/b23-15-. The molecule has 32 heavy (non-hydrogen) atoms. The third kappa shape index (κ3) is 4.09. The van der Waals surface area contributed by atoms with E-state index in [1.807, 2.05) is 49.5 Å². The number of benzene rings is 2. The quantitative estimate of drug-likeness (QED) is 0.591. The summed E-state index contributed by atoms with van der Waals surface area (Å²) in [6, 6.07) is 16.7. The van der Waals surface area contributed by atoms with Crippen molar-refractivity contribution in [1.29, 1.82) is 0 Å². The number of nitrogens with one attached hydrogen (secondary N) is 1. The van der Waals surface area contributed by atoms with Gasteiger partial charge in [-0.05, 0) is 55.6 Å². The number of fused-ring (bicyclic) bond motifs is 2. The molecular formula is C25H22N2O4S. The number of hydrogen-bond acceptors (Lipinski definition) is 6. The molecule has 2 aromatic carbocycles. The van der Waals surface area contributed by atoms with Crippen LogP contribution in [0.4, 0.5) is 0 Å². The summed E-state index contributed by atoms with van der Waals surface area (Å²) < 4.78 is 11.8. The van der Waals surface area contributed by atoms with Crippen molar-refractivity contribution in [2.75, 3.05) is 33.3 Å². The van der Waals surface area contributed by atoms with E-state index in [2.05, 4.69) is 10.2 Å². The number of allylic oxidation sites excluding steroid dienone is 1. The number of carbonyl (C=O) groups excluding carboxylic acids is 2. The van der Waals surface area contributed by atoms with E-state index < -0.39 is 0 Å². The first-order valence-electron chi connectivity index (χ1n) is 10.5. The number of ketones is 1. The Hall–Kier alpha value is -3.29. The lowest BCUT2D eigenvalue weighted by Crippen LogP contribution is -2.36. The zero-order valence-electron chi connectivity index (χ0n) is 17.6. The van der Waals surface area contributed by atoms with E-state index >= 15 is 0 Å². The summed E-state index contributed by atoms with van der Waals surface area (Å²) in [6.45, 7) is 2.64. The maximum Gasteiger partial charge on any atom is 0.255 e. The predicted octanol–water partition coefficient (Wildman–Crippen LogP) is 4.33. The third-order valence-corrected chi connectivity index (χ3v) is 6.59. The first-order valence-corrected chi connectivity index (χ1v) is 11.3. The Labute approximate surface area is 190 Å². The molecule has 0 atom stereocenters. The second-order valence-electron chi connectivity index (χ2n) is 7.76. The number of likely N-dealkylation sites (N-methyl/N-ethyl adjacent to an activating group) is 1. The maximum atomic E-state index is 12.7. The molecule has 2 aliphatic heterocycles. The molecule has 1 aromatic heterocycles. The number of nitrogens with zero attached hydrogens (tertiary/aromatic N) is 1. The topological polar surface area (TPSA) is 71.8 Å². The Morgan fingerprint density at radius 1 is 1.03 bits per heavy atom. The molecule has 0 unspecified atom stereocenters. The summed E-state index contributed by atoms with van der Waals surface area (Å²) >= 11 is 1.45. The Kier molecular flexibility index (Phi) is 5.59. The van der Waals surface area contributed by atoms with Gasteiger partial charge in [-0.3, -0.25) is 9.59 Å². The van der Waals surface area contributed by atoms with E-state index in [0.29, 0.717) is 40.9 Å². The molecule has 0 saturated heterocycles. The van der Waals surface area contributed by atoms with Crippen LogP contribution < -0.4 is 10.1 Å². The molecule has 7 heteroatoms. The molecule has 162 valence electrons. The largest absolute Gasteiger partial charge is 0.491 e. The highest BCUT2D eigenvalue weighted by molar-refractivity contribution is 8.04. The lowest BCUT2D eigenvalue weighted by Gasteiger charge is -2.20. The minimum absolute atomic E-state index is 0.0103. The van der Waals surface area contributed by atoms with E-state index in [1.165, 1.54) is 11.8 Å². The molecule has 6 nitrogen and oxygen atoms in total. The smallest absolute Gasteiger partial charge is 0.255 e. The van der Waals surface area contributed by atoms with Crippen LogP contribution in [-0.4, -0.2) is 49.9 Å². The number of amides is 1. The Morgan fingerprint density at radius 3 is 2.78 bits per heavy atom. The minimum atomic E-state index is -0.170. The summed E-state index contributed by atoms with van der Waals surface area (Å²) in [5, 5.41) is 2.94. The lowest BCUT2D eigenvalue weighted by atomic mass is 10.1. The lowest BCUT2D eigenvalue weighted by molar-refractivity contribution is 0.0938. The number of thioether (sulfide) groups is 1. The van der Waals surface area contributed by atoms with Crippen molar-refractivity contribution >= 4 is 29.5 Å². The number of carbonyl (C=O) groups is 2. The van der Waals surface area contributed by atoms with Gasteiger partial charge in [0.05, 0.1) is 10.5 Å². The van der Waals surface area contributed by atoms with Gasteiger partial charge in [-0.2, -0.15) is 0 Å². The van der Waals surface area contributed by atoms with Gasteiger partial charge in [-0.1, -0.05) is 23.9 Å². The van der Waals surface area contributed by atoms with Crippen molar-refractivity contribution in [3.8, 4) is 17.1 Å². The molecule has 0 radical (unpaired) electrons. The first-order chi connectivity index (χ1) is 15.6. The SMILES string of the molecule is CN1CCNC(=O)c2cc(-c3ccc(/C=C4\Sc5ccccc5C4=O)o3)ccc2OCC1. The minimum Gasteiger partial charge on any atom is -0.491 e. The van der Waals surface area contributed by atoms with Crippen molar-refractivity contribution in [3.05, 3.63) is 76.4 Å². The summed E-state index contributed by atoms with van der Waals surface area (Å²) in [5.74, 6) is 1.61. The van der Waals surface area contributed by atoms with Gasteiger partial charge in [0.15, 0.2) is 0 Å². The van der Waals surface area contributed by atoms with Gasteiger partial charge in [-0.25, -0.2) is 0 Å². The van der Waals surface area contributed by atoms with Crippen LogP contribution in [0.1, 0.15) is 26.5 Å². The monoisotopic (exact) mass is 446 g/mol. The summed E-state index contributed by atoms with van der Waals surface area (Å²) in [6.07, 6.45) is 1.77. The van der Waals surface area contributed by atoms with Gasteiger partial charge in [0.2, 0.25) is 5.78 Å². The number of furan rings is 1. The molecule has 0 spiro atoms. The second kappa shape index (κ2) is 8.68. The van der Waals surface area contributed by atoms with E-state index in [0.717, 1.165) is 29.1 Å². The Bertz CT molecular complexity index is 1230. The van der Waals surface area contributed by atoms with Gasteiger partial charge >= 0.3 is 0 Å². The van der Waals surface area contributed by atoms with Gasteiger partial charge in [0, 0.05) is 35.7 Å². The maximum absolute atomic E-state index is 12.7. The average molecular weight is 447 g/mol. The molecule has 5 rings (SSSR count). The highest BCUT2D eigenvalue weighted by Gasteiger charge is 2.25. The molecule has 2 aliphatic rings. The van der Waals surface area contributed by atoms with Crippen molar-refractivity contribution in [1.82, 2.24) is 10.2 Å². The fourth-order valence-electron chi connectivity index (χ4n) is 3.72. The zero-order chi connectivity index (χ0) is 22.1. The summed E-state index contributed by atoms with van der Waals surface area (Å²) in [5.41, 5.74) is 1.98. The number of Topliss-reactive ketones (excluding diaryl/α,β-unsaturated/α-hetero) is 1. The Morgan fingerprint density at radius 2 is 1.91 bits per heavy atom. The van der Waals surface area contributed by atoms with E-state index in [9.17, 15) is 9.59 Å². The average Bonchev–Trinajstić information content (AvgIpc) is 3.39. The Balaban J connectivity index is 1.40. The molecule has 0 aliphatic carbocycles.